The Labute approximate surface area is 255 Å². The Balaban J connectivity index is 1.41. The molecule has 0 unspecified atom stereocenters. The second-order valence-electron chi connectivity index (χ2n) is 11.6. The average molecular weight is 633 g/mol. The van der Waals surface area contributed by atoms with Crippen LogP contribution in [0.4, 0.5) is 22.4 Å². The van der Waals surface area contributed by atoms with E-state index >= 15 is 0 Å². The maximum atomic E-state index is 14.6. The third-order valence-corrected chi connectivity index (χ3v) is 6.97. The van der Waals surface area contributed by atoms with Gasteiger partial charge in [-0.1, -0.05) is 12.1 Å². The summed E-state index contributed by atoms with van der Waals surface area (Å²) in [7, 11) is 0. The van der Waals surface area contributed by atoms with E-state index in [2.05, 4.69) is 20.5 Å². The molecule has 1 aliphatic rings. The van der Waals surface area contributed by atoms with Crippen LogP contribution in [0.1, 0.15) is 45.7 Å². The molecule has 0 bridgehead atoms. The Kier molecular flexibility index (Phi) is 8.83. The van der Waals surface area contributed by atoms with Gasteiger partial charge in [-0.25, -0.2) is 14.2 Å². The van der Waals surface area contributed by atoms with Crippen LogP contribution < -0.4 is 10.1 Å². The standard InChI is InChI=1S/C30H32F4N6O5/c1-17(41)43-11-12-44-24-14-23-18(13-21(24)31)5-7-22(36-23)27-38-37-25-8-6-19(15-40(25)27)26(30(32,33)34)39-10-9-20(16-39)35-28(42)45-29(2,3)4/h5-8,13-15,20,26H,9-12,16H2,1-4H3,(H,35,42)/t20-,26+/m0/s1. The van der Waals surface area contributed by atoms with Crippen LogP contribution >= 0.6 is 0 Å². The number of nitrogens with one attached hydrogen (secondary N) is 1. The fourth-order valence-electron chi connectivity index (χ4n) is 5.16. The first-order valence-corrected chi connectivity index (χ1v) is 14.2. The zero-order valence-electron chi connectivity index (χ0n) is 25.0. The number of hydrogen-bond acceptors (Lipinski definition) is 9. The zero-order valence-corrected chi connectivity index (χ0v) is 25.0. The van der Waals surface area contributed by atoms with Crippen LogP contribution in [0.5, 0.6) is 5.75 Å². The molecule has 2 atom stereocenters. The minimum Gasteiger partial charge on any atom is -0.487 e. The molecule has 0 spiro atoms. The Bertz CT molecular complexity index is 1720. The normalized spacial score (nSPS) is 16.6. The number of carbonyl (C=O) groups excluding carboxylic acids is 2. The lowest BCUT2D eigenvalue weighted by Crippen LogP contribution is -2.42. The van der Waals surface area contributed by atoms with E-state index in [0.717, 1.165) is 0 Å². The number of nitrogens with zero attached hydrogens (tertiary/aromatic N) is 5. The van der Waals surface area contributed by atoms with Gasteiger partial charge in [-0.15, -0.1) is 10.2 Å². The molecular weight excluding hydrogens is 600 g/mol. The number of benzene rings is 1. The van der Waals surface area contributed by atoms with Crippen LogP contribution in [0.3, 0.4) is 0 Å². The van der Waals surface area contributed by atoms with Crippen molar-refractivity contribution in [2.24, 2.45) is 0 Å². The van der Waals surface area contributed by atoms with E-state index in [1.165, 1.54) is 46.7 Å². The van der Waals surface area contributed by atoms with Gasteiger partial charge in [0.15, 0.2) is 23.0 Å². The monoisotopic (exact) mass is 632 g/mol. The molecule has 11 nitrogen and oxygen atoms in total. The number of esters is 1. The summed E-state index contributed by atoms with van der Waals surface area (Å²) in [5.41, 5.74) is 0.159. The van der Waals surface area contributed by atoms with E-state index in [0.29, 0.717) is 23.0 Å². The summed E-state index contributed by atoms with van der Waals surface area (Å²) in [6.07, 6.45) is -3.65. The number of halogens is 4. The maximum absolute atomic E-state index is 14.6. The van der Waals surface area contributed by atoms with E-state index in [-0.39, 0.29) is 49.1 Å². The molecule has 0 aliphatic carbocycles. The van der Waals surface area contributed by atoms with Gasteiger partial charge in [-0.05, 0) is 51.0 Å². The summed E-state index contributed by atoms with van der Waals surface area (Å²) in [5, 5.41) is 11.4. The van der Waals surface area contributed by atoms with Gasteiger partial charge < -0.3 is 19.5 Å². The maximum Gasteiger partial charge on any atom is 0.408 e. The van der Waals surface area contributed by atoms with Gasteiger partial charge in [-0.2, -0.15) is 13.2 Å². The van der Waals surface area contributed by atoms with Crippen molar-refractivity contribution in [1.82, 2.24) is 29.8 Å². The number of aromatic nitrogens is 4. The second-order valence-corrected chi connectivity index (χ2v) is 11.6. The van der Waals surface area contributed by atoms with Gasteiger partial charge in [0.25, 0.3) is 0 Å². The molecule has 1 aromatic carbocycles. The number of alkyl halides is 3. The highest BCUT2D eigenvalue weighted by Gasteiger charge is 2.47. The quantitative estimate of drug-likeness (QED) is 0.158. The van der Waals surface area contributed by atoms with Crippen LogP contribution in [0.15, 0.2) is 42.6 Å². The van der Waals surface area contributed by atoms with Crippen molar-refractivity contribution in [3.8, 4) is 17.3 Å². The summed E-state index contributed by atoms with van der Waals surface area (Å²) >= 11 is 0. The average Bonchev–Trinajstić information content (AvgIpc) is 3.56. The van der Waals surface area contributed by atoms with Gasteiger partial charge in [-0.3, -0.25) is 14.1 Å². The van der Waals surface area contributed by atoms with E-state index in [1.54, 1.807) is 32.9 Å². The molecule has 240 valence electrons. The van der Waals surface area contributed by atoms with E-state index in [1.807, 2.05) is 0 Å². The fraction of sp³-hybridized carbons (Fsp3) is 0.433. The fourth-order valence-corrected chi connectivity index (χ4v) is 5.16. The molecule has 45 heavy (non-hydrogen) atoms. The number of likely N-dealkylation sites (tertiary alicyclic amines) is 1. The number of pyridine rings is 2. The molecule has 1 N–H and O–H groups in total. The van der Waals surface area contributed by atoms with Crippen molar-refractivity contribution < 1.29 is 41.4 Å². The predicted octanol–water partition coefficient (Wildman–Crippen LogP) is 5.23. The van der Waals surface area contributed by atoms with Crippen molar-refractivity contribution in [2.75, 3.05) is 26.3 Å². The molecular formula is C30H32F4N6O5. The van der Waals surface area contributed by atoms with Crippen molar-refractivity contribution >= 4 is 28.6 Å². The highest BCUT2D eigenvalue weighted by atomic mass is 19.4. The number of amides is 1. The molecule has 0 radical (unpaired) electrons. The lowest BCUT2D eigenvalue weighted by Gasteiger charge is -2.30. The number of rotatable bonds is 8. The second kappa shape index (κ2) is 12.5. The number of ether oxygens (including phenoxy) is 3. The van der Waals surface area contributed by atoms with Crippen molar-refractivity contribution in [2.45, 2.75) is 58.0 Å². The van der Waals surface area contributed by atoms with Crippen molar-refractivity contribution in [1.29, 1.82) is 0 Å². The smallest absolute Gasteiger partial charge is 0.408 e. The van der Waals surface area contributed by atoms with Gasteiger partial charge >= 0.3 is 18.2 Å². The van der Waals surface area contributed by atoms with Gasteiger partial charge in [0.05, 0.1) is 5.52 Å². The summed E-state index contributed by atoms with van der Waals surface area (Å²) in [4.78, 5) is 29.0. The number of hydrogen-bond donors (Lipinski definition) is 1. The Morgan fingerprint density at radius 1 is 1.09 bits per heavy atom. The van der Waals surface area contributed by atoms with Crippen LogP contribution in [-0.2, 0) is 14.3 Å². The van der Waals surface area contributed by atoms with Crippen LogP contribution in [0.2, 0.25) is 0 Å². The SMILES string of the molecule is CC(=O)OCCOc1cc2nc(-c3nnc4ccc([C@@H](N5CC[C@H](NC(=O)OC(C)(C)C)C5)C(F)(F)F)cn34)ccc2cc1F. The molecule has 4 heterocycles. The molecule has 4 aromatic rings. The molecule has 1 saturated heterocycles. The first-order chi connectivity index (χ1) is 21.2. The van der Waals surface area contributed by atoms with Crippen molar-refractivity contribution in [3.63, 3.8) is 0 Å². The molecule has 1 aliphatic heterocycles. The number of fused-ring (bicyclic) bond motifs is 2. The van der Waals surface area contributed by atoms with E-state index in [4.69, 9.17) is 14.2 Å². The predicted molar refractivity (Wildman–Crippen MR) is 154 cm³/mol. The van der Waals surface area contributed by atoms with E-state index < -0.39 is 41.7 Å². The third kappa shape index (κ3) is 7.59. The third-order valence-electron chi connectivity index (χ3n) is 6.97. The summed E-state index contributed by atoms with van der Waals surface area (Å²) in [6.45, 7) is 6.31. The first kappa shape index (κ1) is 31.9. The Morgan fingerprint density at radius 2 is 1.87 bits per heavy atom. The first-order valence-electron chi connectivity index (χ1n) is 14.2. The lowest BCUT2D eigenvalue weighted by molar-refractivity contribution is -0.184. The van der Waals surface area contributed by atoms with Crippen LogP contribution in [-0.4, -0.2) is 80.7 Å². The molecule has 15 heteroatoms. The summed E-state index contributed by atoms with van der Waals surface area (Å²) in [6, 6.07) is 6.13. The minimum atomic E-state index is -4.63. The number of alkyl carbamates (subject to hydrolysis) is 1. The largest absolute Gasteiger partial charge is 0.487 e. The van der Waals surface area contributed by atoms with Gasteiger partial charge in [0.2, 0.25) is 0 Å². The van der Waals surface area contributed by atoms with Crippen LogP contribution in [0, 0.1) is 5.82 Å². The minimum absolute atomic E-state index is 0.0233. The topological polar surface area (TPSA) is 120 Å². The van der Waals surface area contributed by atoms with Gasteiger partial charge in [0.1, 0.15) is 30.6 Å². The number of carbonyl (C=O) groups is 2. The molecule has 0 saturated carbocycles. The lowest BCUT2D eigenvalue weighted by atomic mass is 10.1. The summed E-state index contributed by atoms with van der Waals surface area (Å²) in [5.74, 6) is -1.05. The molecule has 5 rings (SSSR count). The molecule has 3 aromatic heterocycles. The van der Waals surface area contributed by atoms with E-state index in [9.17, 15) is 27.2 Å². The highest BCUT2D eigenvalue weighted by molar-refractivity contribution is 5.82. The molecule has 1 amide bonds. The summed E-state index contributed by atoms with van der Waals surface area (Å²) < 4.78 is 75.1. The van der Waals surface area contributed by atoms with Gasteiger partial charge in [0, 0.05) is 43.7 Å². The highest BCUT2D eigenvalue weighted by Crippen LogP contribution is 2.40. The van der Waals surface area contributed by atoms with Crippen molar-refractivity contribution in [3.05, 3.63) is 54.0 Å². The van der Waals surface area contributed by atoms with Crippen LogP contribution in [0.25, 0.3) is 28.1 Å². The zero-order chi connectivity index (χ0) is 32.5. The Morgan fingerprint density at radius 3 is 2.58 bits per heavy atom. The Hall–Kier alpha value is -4.53. The molecule has 1 fully saturated rings.